The van der Waals surface area contributed by atoms with Gasteiger partial charge in [-0.25, -0.2) is 0 Å². The summed E-state index contributed by atoms with van der Waals surface area (Å²) in [6, 6.07) is 5.44. The number of benzene rings is 1. The SMILES string of the molecule is CN=C(NCc1cccc(C(F)(F)F)c1)N1CCC2(CCC2)C1. The third kappa shape index (κ3) is 3.46. The van der Waals surface area contributed by atoms with Crippen LogP contribution in [0, 0.1) is 5.41 Å². The predicted octanol–water partition coefficient (Wildman–Crippen LogP) is 3.66. The molecule has 0 radical (unpaired) electrons. The van der Waals surface area contributed by atoms with E-state index < -0.39 is 11.7 Å². The molecule has 0 unspecified atom stereocenters. The first-order valence-electron chi connectivity index (χ1n) is 8.04. The van der Waals surface area contributed by atoms with Gasteiger partial charge in [0.2, 0.25) is 0 Å². The Morgan fingerprint density at radius 2 is 2.09 bits per heavy atom. The van der Waals surface area contributed by atoms with Gasteiger partial charge in [-0.2, -0.15) is 13.2 Å². The number of nitrogens with one attached hydrogen (secondary N) is 1. The summed E-state index contributed by atoms with van der Waals surface area (Å²) >= 11 is 0. The molecule has 0 amide bonds. The van der Waals surface area contributed by atoms with Crippen LogP contribution in [-0.2, 0) is 12.7 Å². The van der Waals surface area contributed by atoms with Crippen molar-refractivity contribution in [2.75, 3.05) is 20.1 Å². The molecule has 6 heteroatoms. The molecule has 2 aliphatic rings. The van der Waals surface area contributed by atoms with Crippen LogP contribution < -0.4 is 5.32 Å². The third-order valence-electron chi connectivity index (χ3n) is 5.07. The lowest BCUT2D eigenvalue weighted by atomic mass is 9.68. The van der Waals surface area contributed by atoms with Gasteiger partial charge < -0.3 is 10.2 Å². The number of hydrogen-bond donors (Lipinski definition) is 1. The zero-order chi connectivity index (χ0) is 16.5. The normalized spacial score (nSPS) is 20.7. The van der Waals surface area contributed by atoms with Gasteiger partial charge in [-0.05, 0) is 42.4 Å². The van der Waals surface area contributed by atoms with E-state index in [1.807, 2.05) is 0 Å². The fourth-order valence-corrected chi connectivity index (χ4v) is 3.57. The Bertz CT molecular complexity index is 591. The van der Waals surface area contributed by atoms with Crippen LogP contribution in [0.3, 0.4) is 0 Å². The molecule has 1 aromatic carbocycles. The van der Waals surface area contributed by atoms with Crippen molar-refractivity contribution < 1.29 is 13.2 Å². The third-order valence-corrected chi connectivity index (χ3v) is 5.07. The smallest absolute Gasteiger partial charge is 0.352 e. The minimum atomic E-state index is -4.30. The molecule has 0 atom stereocenters. The maximum atomic E-state index is 12.8. The maximum Gasteiger partial charge on any atom is 0.416 e. The molecule has 3 nitrogen and oxygen atoms in total. The summed E-state index contributed by atoms with van der Waals surface area (Å²) in [7, 11) is 1.72. The molecule has 3 rings (SSSR count). The van der Waals surface area contributed by atoms with E-state index in [0.29, 0.717) is 17.5 Å². The summed E-state index contributed by atoms with van der Waals surface area (Å²) in [5.41, 5.74) is 0.466. The fraction of sp³-hybridized carbons (Fsp3) is 0.588. The highest BCUT2D eigenvalue weighted by molar-refractivity contribution is 5.80. The highest BCUT2D eigenvalue weighted by Gasteiger charge is 2.43. The number of alkyl halides is 3. The van der Waals surface area contributed by atoms with Crippen LogP contribution in [0.2, 0.25) is 0 Å². The lowest BCUT2D eigenvalue weighted by Crippen LogP contribution is -2.42. The molecule has 2 fully saturated rings. The largest absolute Gasteiger partial charge is 0.416 e. The highest BCUT2D eigenvalue weighted by atomic mass is 19.4. The number of nitrogens with zero attached hydrogens (tertiary/aromatic N) is 2. The number of likely N-dealkylation sites (tertiary alicyclic amines) is 1. The van der Waals surface area contributed by atoms with Crippen molar-refractivity contribution in [1.29, 1.82) is 0 Å². The molecule has 1 aromatic rings. The molecule has 1 aliphatic carbocycles. The van der Waals surface area contributed by atoms with E-state index in [1.165, 1.54) is 37.8 Å². The fourth-order valence-electron chi connectivity index (χ4n) is 3.57. The van der Waals surface area contributed by atoms with Crippen LogP contribution >= 0.6 is 0 Å². The second kappa shape index (κ2) is 6.06. The molecule has 0 bridgehead atoms. The summed E-state index contributed by atoms with van der Waals surface area (Å²) in [5, 5.41) is 3.20. The van der Waals surface area contributed by atoms with E-state index in [-0.39, 0.29) is 0 Å². The van der Waals surface area contributed by atoms with Gasteiger partial charge in [-0.15, -0.1) is 0 Å². The summed E-state index contributed by atoms with van der Waals surface area (Å²) < 4.78 is 38.3. The summed E-state index contributed by atoms with van der Waals surface area (Å²) in [6.45, 7) is 2.33. The zero-order valence-corrected chi connectivity index (χ0v) is 13.3. The molecular formula is C17H22F3N3. The summed E-state index contributed by atoms with van der Waals surface area (Å²) in [4.78, 5) is 6.52. The quantitative estimate of drug-likeness (QED) is 0.664. The van der Waals surface area contributed by atoms with Gasteiger partial charge >= 0.3 is 6.18 Å². The van der Waals surface area contributed by atoms with Crippen molar-refractivity contribution in [3.05, 3.63) is 35.4 Å². The molecule has 1 saturated heterocycles. The van der Waals surface area contributed by atoms with Crippen molar-refractivity contribution in [2.24, 2.45) is 10.4 Å². The predicted molar refractivity (Wildman–Crippen MR) is 84.1 cm³/mol. The van der Waals surface area contributed by atoms with E-state index in [0.717, 1.165) is 25.1 Å². The van der Waals surface area contributed by atoms with E-state index in [4.69, 9.17) is 0 Å². The van der Waals surface area contributed by atoms with Crippen LogP contribution in [0.5, 0.6) is 0 Å². The summed E-state index contributed by atoms with van der Waals surface area (Å²) in [6.07, 6.45) is 0.771. The van der Waals surface area contributed by atoms with Gasteiger partial charge in [0.05, 0.1) is 5.56 Å². The first kappa shape index (κ1) is 16.1. The van der Waals surface area contributed by atoms with E-state index in [1.54, 1.807) is 13.1 Å². The lowest BCUT2D eigenvalue weighted by molar-refractivity contribution is -0.137. The molecular weight excluding hydrogens is 303 g/mol. The maximum absolute atomic E-state index is 12.8. The van der Waals surface area contributed by atoms with Crippen molar-refractivity contribution in [3.8, 4) is 0 Å². The molecule has 1 saturated carbocycles. The van der Waals surface area contributed by atoms with Crippen molar-refractivity contribution in [1.82, 2.24) is 10.2 Å². The standard InChI is InChI=1S/C17H22F3N3/c1-21-15(23-9-8-16(12-23)6-3-7-16)22-11-13-4-2-5-14(10-13)17(18,19)20/h2,4-5,10H,3,6-9,11-12H2,1H3,(H,21,22). The number of rotatable bonds is 2. The van der Waals surface area contributed by atoms with Gasteiger partial charge in [0.1, 0.15) is 0 Å². The van der Waals surface area contributed by atoms with Crippen LogP contribution in [0.4, 0.5) is 13.2 Å². The minimum Gasteiger partial charge on any atom is -0.352 e. The van der Waals surface area contributed by atoms with Crippen LogP contribution in [0.25, 0.3) is 0 Å². The molecule has 0 aromatic heterocycles. The van der Waals surface area contributed by atoms with Crippen LogP contribution in [-0.4, -0.2) is 31.0 Å². The first-order valence-corrected chi connectivity index (χ1v) is 8.04. The Hall–Kier alpha value is -1.72. The van der Waals surface area contributed by atoms with E-state index in [9.17, 15) is 13.2 Å². The molecule has 126 valence electrons. The monoisotopic (exact) mass is 325 g/mol. The highest BCUT2D eigenvalue weighted by Crippen LogP contribution is 2.47. The van der Waals surface area contributed by atoms with Crippen LogP contribution in [0.15, 0.2) is 29.3 Å². The average Bonchev–Trinajstić information content (AvgIpc) is 2.93. The van der Waals surface area contributed by atoms with Gasteiger partial charge in [-0.1, -0.05) is 18.6 Å². The van der Waals surface area contributed by atoms with Crippen LogP contribution in [0.1, 0.15) is 36.8 Å². The van der Waals surface area contributed by atoms with Crippen molar-refractivity contribution in [3.63, 3.8) is 0 Å². The second-order valence-corrected chi connectivity index (χ2v) is 6.62. The molecule has 1 aliphatic heterocycles. The molecule has 1 heterocycles. The molecule has 23 heavy (non-hydrogen) atoms. The van der Waals surface area contributed by atoms with Gasteiger partial charge in [0.15, 0.2) is 5.96 Å². The Morgan fingerprint density at radius 1 is 1.30 bits per heavy atom. The Labute approximate surface area is 134 Å². The van der Waals surface area contributed by atoms with E-state index in [2.05, 4.69) is 15.2 Å². The Morgan fingerprint density at radius 3 is 2.65 bits per heavy atom. The average molecular weight is 325 g/mol. The number of hydrogen-bond acceptors (Lipinski definition) is 1. The Kier molecular flexibility index (Phi) is 4.25. The van der Waals surface area contributed by atoms with Crippen molar-refractivity contribution in [2.45, 2.75) is 38.4 Å². The minimum absolute atomic E-state index is 0.347. The molecule has 1 N–H and O–H groups in total. The van der Waals surface area contributed by atoms with Gasteiger partial charge in [-0.3, -0.25) is 4.99 Å². The van der Waals surface area contributed by atoms with Crippen molar-refractivity contribution >= 4 is 5.96 Å². The van der Waals surface area contributed by atoms with Gasteiger partial charge in [0, 0.05) is 26.7 Å². The number of aliphatic imine (C=N–C) groups is 1. The second-order valence-electron chi connectivity index (χ2n) is 6.62. The van der Waals surface area contributed by atoms with E-state index >= 15 is 0 Å². The number of guanidine groups is 1. The summed E-state index contributed by atoms with van der Waals surface area (Å²) in [5.74, 6) is 0.784. The zero-order valence-electron chi connectivity index (χ0n) is 13.3. The lowest BCUT2D eigenvalue weighted by Gasteiger charge is -2.38. The number of halogens is 3. The topological polar surface area (TPSA) is 27.6 Å². The Balaban J connectivity index is 1.61. The molecule has 1 spiro atoms. The van der Waals surface area contributed by atoms with Gasteiger partial charge in [0.25, 0.3) is 0 Å². The first-order chi connectivity index (χ1) is 10.9.